The van der Waals surface area contributed by atoms with Crippen LogP contribution in [0.3, 0.4) is 0 Å². The molecule has 0 bridgehead atoms. The number of carbonyl (C=O) groups excluding carboxylic acids is 3. The molecular formula is C20H22N2O5. The van der Waals surface area contributed by atoms with Gasteiger partial charge in [-0.25, -0.2) is 9.59 Å². The van der Waals surface area contributed by atoms with E-state index in [0.717, 1.165) is 22.1 Å². The Bertz CT molecular complexity index is 874. The molecule has 3 amide bonds. The molecule has 27 heavy (non-hydrogen) atoms. The average Bonchev–Trinajstić information content (AvgIpc) is 2.63. The molecule has 0 unspecified atom stereocenters. The number of methoxy groups -OCH3 is 1. The maximum atomic E-state index is 11.7. The van der Waals surface area contributed by atoms with E-state index in [9.17, 15) is 14.4 Å². The fourth-order valence-corrected chi connectivity index (χ4v) is 2.28. The second-order valence-corrected chi connectivity index (χ2v) is 6.09. The topological polar surface area (TPSA) is 93.7 Å². The van der Waals surface area contributed by atoms with Gasteiger partial charge in [-0.3, -0.25) is 10.1 Å². The van der Waals surface area contributed by atoms with Crippen LogP contribution in [0, 0.1) is 0 Å². The van der Waals surface area contributed by atoms with Crippen molar-refractivity contribution in [1.82, 2.24) is 10.6 Å². The molecule has 2 aromatic rings. The van der Waals surface area contributed by atoms with Crippen molar-refractivity contribution in [2.45, 2.75) is 19.9 Å². The fourth-order valence-electron chi connectivity index (χ4n) is 2.28. The molecule has 0 spiro atoms. The van der Waals surface area contributed by atoms with Crippen molar-refractivity contribution in [3.8, 4) is 5.75 Å². The van der Waals surface area contributed by atoms with Crippen LogP contribution < -0.4 is 15.4 Å². The smallest absolute Gasteiger partial charge is 0.331 e. The molecular weight excluding hydrogens is 348 g/mol. The highest BCUT2D eigenvalue weighted by molar-refractivity contribution is 5.96. The molecule has 0 aliphatic rings. The normalized spacial score (nSPS) is 10.8. The van der Waals surface area contributed by atoms with E-state index >= 15 is 0 Å². The number of hydrogen-bond donors (Lipinski definition) is 2. The van der Waals surface area contributed by atoms with Crippen LogP contribution in [-0.4, -0.2) is 37.7 Å². The van der Waals surface area contributed by atoms with E-state index in [1.54, 1.807) is 27.0 Å². The van der Waals surface area contributed by atoms with Crippen LogP contribution in [-0.2, 0) is 14.3 Å². The van der Waals surface area contributed by atoms with Gasteiger partial charge in [-0.15, -0.1) is 0 Å². The molecule has 0 atom stereocenters. The van der Waals surface area contributed by atoms with Gasteiger partial charge in [-0.1, -0.05) is 18.2 Å². The van der Waals surface area contributed by atoms with Gasteiger partial charge in [-0.2, -0.15) is 0 Å². The largest absolute Gasteiger partial charge is 0.497 e. The zero-order chi connectivity index (χ0) is 19.8. The van der Waals surface area contributed by atoms with Crippen molar-refractivity contribution in [1.29, 1.82) is 0 Å². The van der Waals surface area contributed by atoms with E-state index in [0.29, 0.717) is 0 Å². The van der Waals surface area contributed by atoms with Crippen molar-refractivity contribution in [2.24, 2.45) is 0 Å². The lowest BCUT2D eigenvalue weighted by Crippen LogP contribution is -2.43. The number of amides is 3. The lowest BCUT2D eigenvalue weighted by Gasteiger charge is -2.08. The predicted octanol–water partition coefficient (Wildman–Crippen LogP) is 2.64. The first-order valence-corrected chi connectivity index (χ1v) is 8.40. The van der Waals surface area contributed by atoms with Crippen molar-refractivity contribution < 1.29 is 23.9 Å². The number of benzene rings is 2. The highest BCUT2D eigenvalue weighted by atomic mass is 16.5. The molecule has 142 valence electrons. The molecule has 7 nitrogen and oxygen atoms in total. The molecule has 2 aromatic carbocycles. The lowest BCUT2D eigenvalue weighted by molar-refractivity contribution is -0.143. The van der Waals surface area contributed by atoms with Gasteiger partial charge in [0.05, 0.1) is 7.11 Å². The van der Waals surface area contributed by atoms with Crippen LogP contribution in [0.1, 0.15) is 19.4 Å². The van der Waals surface area contributed by atoms with E-state index in [1.807, 2.05) is 36.4 Å². The maximum Gasteiger partial charge on any atom is 0.331 e. The summed E-state index contributed by atoms with van der Waals surface area (Å²) in [7, 11) is 1.61. The highest BCUT2D eigenvalue weighted by Gasteiger charge is 2.10. The van der Waals surface area contributed by atoms with Crippen LogP contribution in [0.4, 0.5) is 4.79 Å². The Morgan fingerprint density at radius 1 is 1.07 bits per heavy atom. The molecule has 0 radical (unpaired) electrons. The number of urea groups is 1. The average molecular weight is 370 g/mol. The highest BCUT2D eigenvalue weighted by Crippen LogP contribution is 2.22. The number of esters is 1. The van der Waals surface area contributed by atoms with E-state index in [-0.39, 0.29) is 6.04 Å². The van der Waals surface area contributed by atoms with Gasteiger partial charge in [0.2, 0.25) is 0 Å². The number of fused-ring (bicyclic) bond motifs is 1. The molecule has 0 fully saturated rings. The summed E-state index contributed by atoms with van der Waals surface area (Å²) in [6, 6.07) is 10.7. The molecule has 0 saturated carbocycles. The number of imide groups is 1. The summed E-state index contributed by atoms with van der Waals surface area (Å²) >= 11 is 0. The summed E-state index contributed by atoms with van der Waals surface area (Å²) in [6.45, 7) is 2.99. The molecule has 0 aliphatic heterocycles. The van der Waals surface area contributed by atoms with E-state index in [2.05, 4.69) is 10.6 Å². The SMILES string of the molecule is COc1ccc2cc(/C=C/C(=O)OCC(=O)NC(=O)NC(C)C)ccc2c1. The molecule has 0 saturated heterocycles. The minimum Gasteiger partial charge on any atom is -0.497 e. The Balaban J connectivity index is 1.88. The predicted molar refractivity (Wildman–Crippen MR) is 102 cm³/mol. The van der Waals surface area contributed by atoms with Gasteiger partial charge in [0.15, 0.2) is 6.61 Å². The van der Waals surface area contributed by atoms with Gasteiger partial charge in [-0.05, 0) is 54.5 Å². The molecule has 2 rings (SSSR count). The lowest BCUT2D eigenvalue weighted by atomic mass is 10.1. The quantitative estimate of drug-likeness (QED) is 0.602. The first kappa shape index (κ1) is 20.0. The van der Waals surface area contributed by atoms with Crippen molar-refractivity contribution in [3.05, 3.63) is 48.0 Å². The van der Waals surface area contributed by atoms with Crippen LogP contribution >= 0.6 is 0 Å². The summed E-state index contributed by atoms with van der Waals surface area (Å²) in [5, 5.41) is 6.59. The van der Waals surface area contributed by atoms with Crippen LogP contribution in [0.15, 0.2) is 42.5 Å². The zero-order valence-corrected chi connectivity index (χ0v) is 15.4. The Morgan fingerprint density at radius 3 is 2.48 bits per heavy atom. The third kappa shape index (κ3) is 6.47. The minimum atomic E-state index is -0.699. The summed E-state index contributed by atoms with van der Waals surface area (Å²) in [4.78, 5) is 34.6. The number of rotatable bonds is 6. The van der Waals surface area contributed by atoms with Crippen LogP contribution in [0.5, 0.6) is 5.75 Å². The standard InChI is InChI=1S/C20H22N2O5/c1-13(2)21-20(25)22-18(23)12-27-19(24)9-5-14-4-6-16-11-17(26-3)8-7-15(16)10-14/h4-11,13H,12H2,1-3H3,(H2,21,22,23,25)/b9-5+. The van der Waals surface area contributed by atoms with Crippen molar-refractivity contribution >= 4 is 34.8 Å². The van der Waals surface area contributed by atoms with Gasteiger partial charge < -0.3 is 14.8 Å². The van der Waals surface area contributed by atoms with E-state index in [1.165, 1.54) is 6.08 Å². The molecule has 7 heteroatoms. The van der Waals surface area contributed by atoms with Crippen LogP contribution in [0.25, 0.3) is 16.8 Å². The summed E-state index contributed by atoms with van der Waals surface area (Å²) in [6.07, 6.45) is 2.82. The van der Waals surface area contributed by atoms with Crippen molar-refractivity contribution in [2.75, 3.05) is 13.7 Å². The third-order valence-electron chi connectivity index (χ3n) is 3.50. The Hall–Kier alpha value is -3.35. The molecule has 0 aromatic heterocycles. The van der Waals surface area contributed by atoms with Gasteiger partial charge in [0.1, 0.15) is 5.75 Å². The second-order valence-electron chi connectivity index (χ2n) is 6.09. The van der Waals surface area contributed by atoms with Gasteiger partial charge in [0.25, 0.3) is 5.91 Å². The maximum absolute atomic E-state index is 11.7. The number of carbonyl (C=O) groups is 3. The molecule has 0 heterocycles. The first-order valence-electron chi connectivity index (χ1n) is 8.40. The summed E-state index contributed by atoms with van der Waals surface area (Å²) < 4.78 is 10.0. The Labute approximate surface area is 157 Å². The summed E-state index contributed by atoms with van der Waals surface area (Å²) in [5.74, 6) is -0.603. The molecule has 2 N–H and O–H groups in total. The van der Waals surface area contributed by atoms with Gasteiger partial charge >= 0.3 is 12.0 Å². The molecule has 0 aliphatic carbocycles. The van der Waals surface area contributed by atoms with Crippen molar-refractivity contribution in [3.63, 3.8) is 0 Å². The fraction of sp³-hybridized carbons (Fsp3) is 0.250. The Kier molecular flexibility index (Phi) is 6.93. The second kappa shape index (κ2) is 9.38. The zero-order valence-electron chi connectivity index (χ0n) is 15.4. The van der Waals surface area contributed by atoms with Gasteiger partial charge in [0, 0.05) is 12.1 Å². The van der Waals surface area contributed by atoms with Crippen LogP contribution in [0.2, 0.25) is 0 Å². The Morgan fingerprint density at radius 2 is 1.78 bits per heavy atom. The monoisotopic (exact) mass is 370 g/mol. The number of hydrogen-bond acceptors (Lipinski definition) is 5. The minimum absolute atomic E-state index is 0.105. The summed E-state index contributed by atoms with van der Waals surface area (Å²) in [5.41, 5.74) is 0.811. The first-order chi connectivity index (χ1) is 12.9. The van der Waals surface area contributed by atoms with E-state index in [4.69, 9.17) is 9.47 Å². The third-order valence-corrected chi connectivity index (χ3v) is 3.50. The number of ether oxygens (including phenoxy) is 2. The number of nitrogens with one attached hydrogen (secondary N) is 2. The van der Waals surface area contributed by atoms with E-state index < -0.39 is 24.5 Å².